The van der Waals surface area contributed by atoms with Gasteiger partial charge in [0.15, 0.2) is 5.96 Å². The Morgan fingerprint density at radius 1 is 1.28 bits per heavy atom. The molecule has 2 rings (SSSR count). The van der Waals surface area contributed by atoms with Crippen molar-refractivity contribution in [3.8, 4) is 0 Å². The van der Waals surface area contributed by atoms with Crippen LogP contribution in [0.5, 0.6) is 0 Å². The molecule has 0 radical (unpaired) electrons. The van der Waals surface area contributed by atoms with E-state index in [4.69, 9.17) is 4.74 Å². The summed E-state index contributed by atoms with van der Waals surface area (Å²) in [5.74, 6) is 0.458. The van der Waals surface area contributed by atoms with E-state index in [1.165, 1.54) is 6.07 Å². The van der Waals surface area contributed by atoms with Crippen molar-refractivity contribution in [2.75, 3.05) is 26.3 Å². The second-order valence-electron chi connectivity index (χ2n) is 6.08. The molecule has 140 valence electrons. The average molecular weight is 359 g/mol. The van der Waals surface area contributed by atoms with Gasteiger partial charge in [-0.3, -0.25) is 0 Å². The minimum Gasteiger partial charge on any atom is -0.388 e. The number of benzene rings is 1. The third-order valence-corrected chi connectivity index (χ3v) is 4.03. The second kappa shape index (κ2) is 8.53. The van der Waals surface area contributed by atoms with E-state index >= 15 is 0 Å². The fourth-order valence-corrected chi connectivity index (χ4v) is 2.53. The average Bonchev–Trinajstić information content (AvgIpc) is 2.57. The van der Waals surface area contributed by atoms with Gasteiger partial charge in [-0.1, -0.05) is 12.1 Å². The molecular formula is C17H24F3N3O2. The van der Waals surface area contributed by atoms with E-state index in [0.29, 0.717) is 50.7 Å². The first-order valence-electron chi connectivity index (χ1n) is 8.31. The summed E-state index contributed by atoms with van der Waals surface area (Å²) in [5, 5.41) is 16.5. The smallest absolute Gasteiger partial charge is 0.388 e. The number of guanidine groups is 1. The fourth-order valence-electron chi connectivity index (χ4n) is 2.53. The van der Waals surface area contributed by atoms with Gasteiger partial charge in [0, 0.05) is 39.1 Å². The summed E-state index contributed by atoms with van der Waals surface area (Å²) < 4.78 is 43.5. The van der Waals surface area contributed by atoms with Crippen LogP contribution in [0.15, 0.2) is 29.3 Å². The van der Waals surface area contributed by atoms with Gasteiger partial charge in [0.25, 0.3) is 0 Å². The Kier molecular flexibility index (Phi) is 6.66. The molecule has 0 spiro atoms. The van der Waals surface area contributed by atoms with Crippen LogP contribution in [0.3, 0.4) is 0 Å². The number of hydrogen-bond acceptors (Lipinski definition) is 3. The zero-order chi connectivity index (χ0) is 18.3. The highest BCUT2D eigenvalue weighted by Crippen LogP contribution is 2.29. The van der Waals surface area contributed by atoms with E-state index in [1.807, 2.05) is 6.92 Å². The molecular weight excluding hydrogens is 335 g/mol. The Labute approximate surface area is 145 Å². The van der Waals surface area contributed by atoms with Crippen LogP contribution in [0.1, 0.15) is 30.9 Å². The maximum Gasteiger partial charge on any atom is 0.416 e. The van der Waals surface area contributed by atoms with Crippen LogP contribution in [0.2, 0.25) is 0 Å². The van der Waals surface area contributed by atoms with E-state index in [9.17, 15) is 18.3 Å². The van der Waals surface area contributed by atoms with E-state index in [-0.39, 0.29) is 6.54 Å². The first-order valence-corrected chi connectivity index (χ1v) is 8.31. The van der Waals surface area contributed by atoms with Crippen molar-refractivity contribution in [2.45, 2.75) is 38.1 Å². The number of aliphatic hydroxyl groups is 1. The number of halogens is 3. The highest BCUT2D eigenvalue weighted by atomic mass is 19.4. The molecule has 0 bridgehead atoms. The van der Waals surface area contributed by atoms with Gasteiger partial charge in [0.2, 0.25) is 0 Å². The normalized spacial score (nSPS) is 18.0. The molecule has 1 saturated heterocycles. The molecule has 8 heteroatoms. The van der Waals surface area contributed by atoms with Crippen LogP contribution in [0.4, 0.5) is 13.2 Å². The molecule has 0 unspecified atom stereocenters. The molecule has 25 heavy (non-hydrogen) atoms. The van der Waals surface area contributed by atoms with Crippen molar-refractivity contribution < 1.29 is 23.0 Å². The number of hydrogen-bond donors (Lipinski definition) is 3. The Hall–Kier alpha value is -1.80. The quantitative estimate of drug-likeness (QED) is 0.558. The predicted molar refractivity (Wildman–Crippen MR) is 89.3 cm³/mol. The summed E-state index contributed by atoms with van der Waals surface area (Å²) in [6.45, 7) is 3.94. The Balaban J connectivity index is 1.99. The number of rotatable bonds is 5. The minimum absolute atomic E-state index is 0.112. The second-order valence-corrected chi connectivity index (χ2v) is 6.08. The summed E-state index contributed by atoms with van der Waals surface area (Å²) in [5.41, 5.74) is -1.07. The highest BCUT2D eigenvalue weighted by molar-refractivity contribution is 5.79. The lowest BCUT2D eigenvalue weighted by atomic mass is 9.94. The molecule has 0 aromatic heterocycles. The van der Waals surface area contributed by atoms with Gasteiger partial charge in [-0.05, 0) is 24.6 Å². The molecule has 1 fully saturated rings. The van der Waals surface area contributed by atoms with Gasteiger partial charge in [0.05, 0.1) is 17.7 Å². The van der Waals surface area contributed by atoms with Crippen molar-refractivity contribution in [1.82, 2.24) is 10.6 Å². The third kappa shape index (κ3) is 6.21. The topological polar surface area (TPSA) is 65.9 Å². The molecule has 0 amide bonds. The standard InChI is InChI=1S/C17H24F3N3O2/c1-2-21-15(23-12-16(24)6-8-25-9-7-16)22-11-13-4-3-5-14(10-13)17(18,19)20/h3-5,10,24H,2,6-9,11-12H2,1H3,(H2,21,22,23). The summed E-state index contributed by atoms with van der Waals surface area (Å²) in [7, 11) is 0. The third-order valence-electron chi connectivity index (χ3n) is 4.03. The molecule has 1 aliphatic heterocycles. The number of aliphatic imine (C=N–C) groups is 1. The van der Waals surface area contributed by atoms with Gasteiger partial charge in [0.1, 0.15) is 0 Å². The van der Waals surface area contributed by atoms with Crippen LogP contribution < -0.4 is 10.6 Å². The molecule has 1 aliphatic rings. The molecule has 3 N–H and O–H groups in total. The van der Waals surface area contributed by atoms with Gasteiger partial charge in [-0.25, -0.2) is 4.99 Å². The molecule has 1 heterocycles. The number of ether oxygens (including phenoxy) is 1. The number of nitrogens with zero attached hydrogens (tertiary/aromatic N) is 1. The van der Waals surface area contributed by atoms with Gasteiger partial charge < -0.3 is 20.5 Å². The van der Waals surface area contributed by atoms with Crippen molar-refractivity contribution in [3.63, 3.8) is 0 Å². The SMILES string of the molecule is CCNC(=NCc1cccc(C(F)(F)F)c1)NCC1(O)CCOCC1. The van der Waals surface area contributed by atoms with Crippen LogP contribution in [0, 0.1) is 0 Å². The first kappa shape index (κ1) is 19.5. The monoisotopic (exact) mass is 359 g/mol. The Morgan fingerprint density at radius 3 is 2.64 bits per heavy atom. The summed E-state index contributed by atoms with van der Waals surface area (Å²) >= 11 is 0. The summed E-state index contributed by atoms with van der Waals surface area (Å²) in [6, 6.07) is 5.11. The largest absolute Gasteiger partial charge is 0.416 e. The van der Waals surface area contributed by atoms with Crippen LogP contribution in [0.25, 0.3) is 0 Å². The van der Waals surface area contributed by atoms with Gasteiger partial charge in [-0.15, -0.1) is 0 Å². The summed E-state index contributed by atoms with van der Waals surface area (Å²) in [6.07, 6.45) is -3.30. The van der Waals surface area contributed by atoms with Crippen molar-refractivity contribution in [3.05, 3.63) is 35.4 Å². The molecule has 0 atom stereocenters. The maximum atomic E-state index is 12.8. The Bertz CT molecular complexity index is 585. The van der Waals surface area contributed by atoms with E-state index in [0.717, 1.165) is 12.1 Å². The number of alkyl halides is 3. The summed E-state index contributed by atoms with van der Waals surface area (Å²) in [4.78, 5) is 4.31. The van der Waals surface area contributed by atoms with E-state index < -0.39 is 17.3 Å². The molecule has 1 aromatic rings. The van der Waals surface area contributed by atoms with Crippen molar-refractivity contribution in [2.24, 2.45) is 4.99 Å². The van der Waals surface area contributed by atoms with Gasteiger partial charge >= 0.3 is 6.18 Å². The maximum absolute atomic E-state index is 12.8. The molecule has 5 nitrogen and oxygen atoms in total. The fraction of sp³-hybridized carbons (Fsp3) is 0.588. The predicted octanol–water partition coefficient (Wildman–Crippen LogP) is 2.30. The lowest BCUT2D eigenvalue weighted by Crippen LogP contribution is -2.49. The minimum atomic E-state index is -4.37. The lowest BCUT2D eigenvalue weighted by Gasteiger charge is -2.32. The van der Waals surface area contributed by atoms with Crippen molar-refractivity contribution >= 4 is 5.96 Å². The highest BCUT2D eigenvalue weighted by Gasteiger charge is 2.31. The van der Waals surface area contributed by atoms with Crippen molar-refractivity contribution in [1.29, 1.82) is 0 Å². The molecule has 0 saturated carbocycles. The molecule has 0 aliphatic carbocycles. The van der Waals surface area contributed by atoms with E-state index in [1.54, 1.807) is 6.07 Å². The number of nitrogens with one attached hydrogen (secondary N) is 2. The first-order chi connectivity index (χ1) is 11.8. The Morgan fingerprint density at radius 2 is 2.00 bits per heavy atom. The van der Waals surface area contributed by atoms with Crippen LogP contribution in [-0.4, -0.2) is 43.0 Å². The lowest BCUT2D eigenvalue weighted by molar-refractivity contribution is -0.137. The zero-order valence-electron chi connectivity index (χ0n) is 14.2. The van der Waals surface area contributed by atoms with Gasteiger partial charge in [-0.2, -0.15) is 13.2 Å². The van der Waals surface area contributed by atoms with E-state index in [2.05, 4.69) is 15.6 Å². The van der Waals surface area contributed by atoms with Crippen LogP contribution in [-0.2, 0) is 17.5 Å². The molecule has 1 aromatic carbocycles. The van der Waals surface area contributed by atoms with Crippen LogP contribution >= 0.6 is 0 Å². The zero-order valence-corrected chi connectivity index (χ0v) is 14.2.